The van der Waals surface area contributed by atoms with Gasteiger partial charge in [0, 0.05) is 19.5 Å². The van der Waals surface area contributed by atoms with E-state index in [1.165, 1.54) is 18.4 Å². The van der Waals surface area contributed by atoms with Crippen molar-refractivity contribution in [1.82, 2.24) is 16.0 Å². The first kappa shape index (κ1) is 16.9. The van der Waals surface area contributed by atoms with Crippen LogP contribution in [0.25, 0.3) is 0 Å². The fourth-order valence-corrected chi connectivity index (χ4v) is 4.53. The van der Waals surface area contributed by atoms with Crippen molar-refractivity contribution in [3.05, 3.63) is 29.3 Å². The molecule has 136 valence electrons. The molecule has 0 bridgehead atoms. The highest BCUT2D eigenvalue weighted by molar-refractivity contribution is 5.82. The summed E-state index contributed by atoms with van der Waals surface area (Å²) in [5.41, 5.74) is 2.58. The molecule has 5 nitrogen and oxygen atoms in total. The number of rotatable bonds is 3. The highest BCUT2D eigenvalue weighted by Gasteiger charge is 2.42. The number of carbonyl (C=O) groups is 1. The van der Waals surface area contributed by atoms with Crippen LogP contribution in [0.1, 0.15) is 44.2 Å². The van der Waals surface area contributed by atoms with E-state index in [0.29, 0.717) is 12.0 Å². The monoisotopic (exact) mass is 343 g/mol. The molecule has 1 amide bonds. The SMILES string of the molecule is CC1(C)Cc2cc(CNC(=O)[C@H]3CC4(CCNCC4)CN3)ccc2O1. The third-order valence-corrected chi connectivity index (χ3v) is 5.94. The summed E-state index contributed by atoms with van der Waals surface area (Å²) in [6, 6.07) is 6.20. The number of ether oxygens (including phenoxy) is 1. The van der Waals surface area contributed by atoms with Crippen molar-refractivity contribution < 1.29 is 9.53 Å². The predicted molar refractivity (Wildman–Crippen MR) is 97.6 cm³/mol. The smallest absolute Gasteiger partial charge is 0.237 e. The topological polar surface area (TPSA) is 62.4 Å². The van der Waals surface area contributed by atoms with Crippen molar-refractivity contribution >= 4 is 5.91 Å². The average molecular weight is 343 g/mol. The standard InChI is InChI=1S/C20H29N3O2/c1-19(2)10-15-9-14(3-4-17(15)25-19)12-22-18(24)16-11-20(13-23-16)5-7-21-8-6-20/h3-4,9,16,21,23H,5-8,10-13H2,1-2H3,(H,22,24)/t16-/m1/s1. The number of hydrogen-bond donors (Lipinski definition) is 3. The summed E-state index contributed by atoms with van der Waals surface area (Å²) >= 11 is 0. The van der Waals surface area contributed by atoms with Gasteiger partial charge in [0.25, 0.3) is 0 Å². The predicted octanol–water partition coefficient (Wildman–Crippen LogP) is 1.75. The quantitative estimate of drug-likeness (QED) is 0.782. The van der Waals surface area contributed by atoms with Gasteiger partial charge in [0.1, 0.15) is 11.4 Å². The summed E-state index contributed by atoms with van der Waals surface area (Å²) < 4.78 is 5.92. The lowest BCUT2D eigenvalue weighted by molar-refractivity contribution is -0.123. The van der Waals surface area contributed by atoms with Gasteiger partial charge in [-0.2, -0.15) is 0 Å². The van der Waals surface area contributed by atoms with Crippen LogP contribution in [0, 0.1) is 5.41 Å². The minimum atomic E-state index is -0.124. The summed E-state index contributed by atoms with van der Waals surface area (Å²) in [7, 11) is 0. The zero-order valence-corrected chi connectivity index (χ0v) is 15.3. The Labute approximate surface area is 149 Å². The van der Waals surface area contributed by atoms with E-state index in [-0.39, 0.29) is 17.6 Å². The van der Waals surface area contributed by atoms with E-state index < -0.39 is 0 Å². The maximum Gasteiger partial charge on any atom is 0.237 e. The van der Waals surface area contributed by atoms with E-state index in [0.717, 1.165) is 43.8 Å². The normalized spacial score (nSPS) is 26.2. The highest BCUT2D eigenvalue weighted by Crippen LogP contribution is 2.37. The van der Waals surface area contributed by atoms with Gasteiger partial charge >= 0.3 is 0 Å². The third-order valence-electron chi connectivity index (χ3n) is 5.94. The lowest BCUT2D eigenvalue weighted by Crippen LogP contribution is -2.40. The Hall–Kier alpha value is -1.59. The second-order valence-corrected chi connectivity index (χ2v) is 8.59. The maximum atomic E-state index is 12.6. The molecule has 0 aromatic heterocycles. The van der Waals surface area contributed by atoms with E-state index in [2.05, 4.69) is 41.9 Å². The molecule has 3 N–H and O–H groups in total. The number of hydrogen-bond acceptors (Lipinski definition) is 4. The van der Waals surface area contributed by atoms with Crippen molar-refractivity contribution in [1.29, 1.82) is 0 Å². The number of benzene rings is 1. The van der Waals surface area contributed by atoms with Gasteiger partial charge in [-0.05, 0) is 68.8 Å². The number of amides is 1. The zero-order chi connectivity index (χ0) is 17.5. The van der Waals surface area contributed by atoms with Crippen LogP contribution in [0.15, 0.2) is 18.2 Å². The Morgan fingerprint density at radius 1 is 1.32 bits per heavy atom. The lowest BCUT2D eigenvalue weighted by atomic mass is 9.77. The van der Waals surface area contributed by atoms with E-state index in [1.54, 1.807) is 0 Å². The summed E-state index contributed by atoms with van der Waals surface area (Å²) in [6.45, 7) is 7.91. The highest BCUT2D eigenvalue weighted by atomic mass is 16.5. The van der Waals surface area contributed by atoms with Crippen molar-refractivity contribution in [2.75, 3.05) is 19.6 Å². The molecular formula is C20H29N3O2. The molecule has 1 aromatic carbocycles. The molecule has 3 aliphatic heterocycles. The molecule has 4 rings (SSSR count). The van der Waals surface area contributed by atoms with Gasteiger partial charge in [-0.15, -0.1) is 0 Å². The zero-order valence-electron chi connectivity index (χ0n) is 15.3. The second-order valence-electron chi connectivity index (χ2n) is 8.59. The summed E-state index contributed by atoms with van der Waals surface area (Å²) in [4.78, 5) is 12.6. The van der Waals surface area contributed by atoms with Gasteiger partial charge in [-0.3, -0.25) is 4.79 Å². The van der Waals surface area contributed by atoms with Crippen LogP contribution in [-0.4, -0.2) is 37.2 Å². The molecule has 25 heavy (non-hydrogen) atoms. The van der Waals surface area contributed by atoms with Crippen LogP contribution in [0.3, 0.4) is 0 Å². The number of carbonyl (C=O) groups excluding carboxylic acids is 1. The third kappa shape index (κ3) is 3.53. The van der Waals surface area contributed by atoms with Crippen molar-refractivity contribution in [3.63, 3.8) is 0 Å². The molecule has 1 aromatic rings. The van der Waals surface area contributed by atoms with Crippen LogP contribution >= 0.6 is 0 Å². The summed E-state index contributed by atoms with van der Waals surface area (Å²) in [5.74, 6) is 1.11. The van der Waals surface area contributed by atoms with E-state index >= 15 is 0 Å². The lowest BCUT2D eigenvalue weighted by Gasteiger charge is -2.33. The maximum absolute atomic E-state index is 12.6. The molecule has 2 fully saturated rings. The van der Waals surface area contributed by atoms with Crippen LogP contribution in [0.2, 0.25) is 0 Å². The van der Waals surface area contributed by atoms with Gasteiger partial charge in [0.15, 0.2) is 0 Å². The van der Waals surface area contributed by atoms with Crippen LogP contribution < -0.4 is 20.7 Å². The minimum absolute atomic E-state index is 0.0465. The van der Waals surface area contributed by atoms with Crippen molar-refractivity contribution in [2.45, 2.75) is 57.7 Å². The largest absolute Gasteiger partial charge is 0.487 e. The fourth-order valence-electron chi connectivity index (χ4n) is 4.53. The van der Waals surface area contributed by atoms with Crippen LogP contribution in [-0.2, 0) is 17.8 Å². The molecule has 3 aliphatic rings. The van der Waals surface area contributed by atoms with E-state index in [9.17, 15) is 4.79 Å². The Morgan fingerprint density at radius 3 is 2.92 bits per heavy atom. The van der Waals surface area contributed by atoms with Gasteiger partial charge in [-0.25, -0.2) is 0 Å². The van der Waals surface area contributed by atoms with Gasteiger partial charge in [0.05, 0.1) is 6.04 Å². The van der Waals surface area contributed by atoms with Crippen molar-refractivity contribution in [2.24, 2.45) is 5.41 Å². The molecular weight excluding hydrogens is 314 g/mol. The van der Waals surface area contributed by atoms with E-state index in [1.807, 2.05) is 6.07 Å². The Morgan fingerprint density at radius 2 is 2.12 bits per heavy atom. The second kappa shape index (κ2) is 6.29. The molecule has 2 saturated heterocycles. The molecule has 0 aliphatic carbocycles. The Kier molecular flexibility index (Phi) is 4.24. The Bertz CT molecular complexity index is 665. The van der Waals surface area contributed by atoms with E-state index in [4.69, 9.17) is 4.74 Å². The number of piperidine rings is 1. The van der Waals surface area contributed by atoms with Crippen LogP contribution in [0.5, 0.6) is 5.75 Å². The molecule has 1 spiro atoms. The minimum Gasteiger partial charge on any atom is -0.487 e. The first-order chi connectivity index (χ1) is 11.9. The summed E-state index contributed by atoms with van der Waals surface area (Å²) in [6.07, 6.45) is 4.23. The fraction of sp³-hybridized carbons (Fsp3) is 0.650. The molecule has 0 unspecified atom stereocenters. The first-order valence-corrected chi connectivity index (χ1v) is 9.48. The van der Waals surface area contributed by atoms with Gasteiger partial charge in [0.2, 0.25) is 5.91 Å². The van der Waals surface area contributed by atoms with Gasteiger partial charge < -0.3 is 20.7 Å². The van der Waals surface area contributed by atoms with Crippen LogP contribution in [0.4, 0.5) is 0 Å². The Balaban J connectivity index is 1.33. The molecule has 0 saturated carbocycles. The molecule has 1 atom stereocenters. The average Bonchev–Trinajstić information content (AvgIpc) is 3.12. The van der Waals surface area contributed by atoms with Gasteiger partial charge in [-0.1, -0.05) is 12.1 Å². The summed E-state index contributed by atoms with van der Waals surface area (Å²) in [5, 5.41) is 9.98. The number of nitrogens with one attached hydrogen (secondary N) is 3. The number of fused-ring (bicyclic) bond motifs is 1. The molecule has 5 heteroatoms. The molecule has 3 heterocycles. The van der Waals surface area contributed by atoms with Crippen molar-refractivity contribution in [3.8, 4) is 5.75 Å². The molecule has 0 radical (unpaired) electrons. The first-order valence-electron chi connectivity index (χ1n) is 9.48.